The smallest absolute Gasteiger partial charge is 0.241 e. The molecule has 8 heteroatoms. The Labute approximate surface area is 175 Å². The van der Waals surface area contributed by atoms with Crippen LogP contribution in [0.4, 0.5) is 0 Å². The number of unbranched alkanes of at least 4 members (excludes halogenated alkanes) is 3. The molecular formula is C18H33IN4O2S. The van der Waals surface area contributed by atoms with Crippen LogP contribution in [0.2, 0.25) is 0 Å². The molecule has 0 aliphatic carbocycles. The Bertz CT molecular complexity index is 670. The summed E-state index contributed by atoms with van der Waals surface area (Å²) in [6.45, 7) is 8.60. The van der Waals surface area contributed by atoms with Crippen molar-refractivity contribution < 1.29 is 8.42 Å². The third-order valence-electron chi connectivity index (χ3n) is 3.46. The van der Waals surface area contributed by atoms with E-state index in [1.165, 1.54) is 12.8 Å². The number of nitrogens with zero attached hydrogens (tertiary/aromatic N) is 1. The average Bonchev–Trinajstić information content (AvgIpc) is 2.50. The van der Waals surface area contributed by atoms with E-state index >= 15 is 0 Å². The summed E-state index contributed by atoms with van der Waals surface area (Å²) < 4.78 is 27.8. The maximum atomic E-state index is 12.6. The Balaban J connectivity index is 0.00000625. The number of halogens is 1. The molecule has 0 unspecified atom stereocenters. The molecule has 0 aliphatic heterocycles. The van der Waals surface area contributed by atoms with Crippen LogP contribution in [0.1, 0.15) is 58.9 Å². The van der Waals surface area contributed by atoms with Gasteiger partial charge in [-0.3, -0.25) is 0 Å². The van der Waals surface area contributed by atoms with Crippen LogP contribution < -0.4 is 15.8 Å². The fourth-order valence-corrected chi connectivity index (χ4v) is 4.00. The van der Waals surface area contributed by atoms with E-state index in [-0.39, 0.29) is 35.4 Å². The van der Waals surface area contributed by atoms with E-state index in [4.69, 9.17) is 5.73 Å². The van der Waals surface area contributed by atoms with Gasteiger partial charge in [-0.05, 0) is 38.8 Å². The molecule has 0 bridgehead atoms. The van der Waals surface area contributed by atoms with Gasteiger partial charge >= 0.3 is 0 Å². The van der Waals surface area contributed by atoms with Gasteiger partial charge in [-0.15, -0.1) is 24.0 Å². The van der Waals surface area contributed by atoms with Gasteiger partial charge in [0.05, 0.1) is 11.4 Å². The SMILES string of the molecule is CCCCCCNC(N)=NCc1ccccc1S(=O)(=O)NC(C)(C)C.I. The summed E-state index contributed by atoms with van der Waals surface area (Å²) in [4.78, 5) is 4.51. The second-order valence-electron chi connectivity index (χ2n) is 7.15. The monoisotopic (exact) mass is 496 g/mol. The standard InChI is InChI=1S/C18H32N4O2S.HI/c1-5-6-7-10-13-20-17(19)21-14-15-11-8-9-12-16(15)25(23,24)22-18(2,3)4;/h8-9,11-12,22H,5-7,10,13-14H2,1-4H3,(H3,19,20,21);1H. The summed E-state index contributed by atoms with van der Waals surface area (Å²) in [5.74, 6) is 0.340. The molecule has 0 amide bonds. The molecule has 150 valence electrons. The molecular weight excluding hydrogens is 463 g/mol. The Kier molecular flexibility index (Phi) is 11.4. The maximum Gasteiger partial charge on any atom is 0.241 e. The van der Waals surface area contributed by atoms with Gasteiger partial charge in [-0.1, -0.05) is 44.4 Å². The number of rotatable bonds is 9. The van der Waals surface area contributed by atoms with E-state index in [9.17, 15) is 8.42 Å². The van der Waals surface area contributed by atoms with Crippen molar-refractivity contribution in [2.45, 2.75) is 70.4 Å². The quantitative estimate of drug-likeness (QED) is 0.211. The number of hydrogen-bond acceptors (Lipinski definition) is 3. The van der Waals surface area contributed by atoms with Crippen LogP contribution in [0.5, 0.6) is 0 Å². The highest BCUT2D eigenvalue weighted by Gasteiger charge is 2.24. The molecule has 26 heavy (non-hydrogen) atoms. The fourth-order valence-electron chi connectivity index (χ4n) is 2.35. The first-order valence-corrected chi connectivity index (χ1v) is 10.3. The first-order valence-electron chi connectivity index (χ1n) is 8.81. The number of guanidine groups is 1. The van der Waals surface area contributed by atoms with Crippen LogP contribution >= 0.6 is 24.0 Å². The van der Waals surface area contributed by atoms with E-state index in [0.29, 0.717) is 11.5 Å². The molecule has 0 saturated carbocycles. The minimum atomic E-state index is -3.60. The number of benzene rings is 1. The Morgan fingerprint density at radius 2 is 1.81 bits per heavy atom. The van der Waals surface area contributed by atoms with E-state index < -0.39 is 15.6 Å². The molecule has 0 spiro atoms. The molecule has 0 heterocycles. The molecule has 1 aromatic carbocycles. The predicted octanol–water partition coefficient (Wildman–Crippen LogP) is 3.37. The lowest BCUT2D eigenvalue weighted by molar-refractivity contribution is 0.491. The maximum absolute atomic E-state index is 12.6. The first-order chi connectivity index (χ1) is 11.7. The van der Waals surface area contributed by atoms with Crippen LogP contribution in [-0.2, 0) is 16.6 Å². The van der Waals surface area contributed by atoms with Crippen molar-refractivity contribution in [1.82, 2.24) is 10.0 Å². The van der Waals surface area contributed by atoms with Crippen molar-refractivity contribution in [2.24, 2.45) is 10.7 Å². The van der Waals surface area contributed by atoms with Crippen molar-refractivity contribution in [3.8, 4) is 0 Å². The molecule has 0 radical (unpaired) electrons. The van der Waals surface area contributed by atoms with E-state index in [1.807, 2.05) is 20.8 Å². The van der Waals surface area contributed by atoms with Gasteiger partial charge in [0.15, 0.2) is 5.96 Å². The lowest BCUT2D eigenvalue weighted by Crippen LogP contribution is -2.40. The molecule has 4 N–H and O–H groups in total. The lowest BCUT2D eigenvalue weighted by atomic mass is 10.1. The van der Waals surface area contributed by atoms with Crippen molar-refractivity contribution in [3.63, 3.8) is 0 Å². The molecule has 0 fully saturated rings. The Hall–Kier alpha value is -0.870. The molecule has 0 aromatic heterocycles. The van der Waals surface area contributed by atoms with E-state index in [2.05, 4.69) is 22.0 Å². The molecule has 0 atom stereocenters. The molecule has 1 rings (SSSR count). The molecule has 6 nitrogen and oxygen atoms in total. The van der Waals surface area contributed by atoms with Crippen molar-refractivity contribution >= 4 is 40.0 Å². The second kappa shape index (κ2) is 11.8. The molecule has 0 saturated heterocycles. The minimum absolute atomic E-state index is 0. The topological polar surface area (TPSA) is 96.6 Å². The lowest BCUT2D eigenvalue weighted by Gasteiger charge is -2.21. The summed E-state index contributed by atoms with van der Waals surface area (Å²) in [6, 6.07) is 6.86. The number of aliphatic imine (C=N–C) groups is 1. The number of nitrogens with two attached hydrogens (primary N) is 1. The number of nitrogens with one attached hydrogen (secondary N) is 2. The van der Waals surface area contributed by atoms with Crippen molar-refractivity contribution in [1.29, 1.82) is 0 Å². The van der Waals surface area contributed by atoms with Crippen molar-refractivity contribution in [3.05, 3.63) is 29.8 Å². The van der Waals surface area contributed by atoms with Gasteiger partial charge in [0.25, 0.3) is 0 Å². The Morgan fingerprint density at radius 3 is 2.42 bits per heavy atom. The largest absolute Gasteiger partial charge is 0.370 e. The summed E-state index contributed by atoms with van der Waals surface area (Å²) in [6.07, 6.45) is 4.61. The van der Waals surface area contributed by atoms with Gasteiger partial charge in [0, 0.05) is 12.1 Å². The molecule has 1 aromatic rings. The van der Waals surface area contributed by atoms with Gasteiger partial charge in [0.2, 0.25) is 10.0 Å². The zero-order valence-corrected chi connectivity index (χ0v) is 19.4. The third-order valence-corrected chi connectivity index (χ3v) is 5.32. The predicted molar refractivity (Wildman–Crippen MR) is 119 cm³/mol. The van der Waals surface area contributed by atoms with Crippen LogP contribution in [0.3, 0.4) is 0 Å². The zero-order valence-electron chi connectivity index (χ0n) is 16.2. The van der Waals surface area contributed by atoms with E-state index in [1.54, 1.807) is 24.3 Å². The number of hydrogen-bond donors (Lipinski definition) is 3. The first kappa shape index (κ1) is 25.1. The highest BCUT2D eigenvalue weighted by molar-refractivity contribution is 14.0. The highest BCUT2D eigenvalue weighted by atomic mass is 127. The average molecular weight is 496 g/mol. The van der Waals surface area contributed by atoms with Gasteiger partial charge in [-0.2, -0.15) is 0 Å². The summed E-state index contributed by atoms with van der Waals surface area (Å²) in [7, 11) is -3.60. The number of sulfonamides is 1. The highest BCUT2D eigenvalue weighted by Crippen LogP contribution is 2.18. The van der Waals surface area contributed by atoms with Crippen LogP contribution in [0.25, 0.3) is 0 Å². The van der Waals surface area contributed by atoms with Crippen LogP contribution in [0.15, 0.2) is 34.2 Å². The Morgan fingerprint density at radius 1 is 1.15 bits per heavy atom. The van der Waals surface area contributed by atoms with E-state index in [0.717, 1.165) is 19.4 Å². The second-order valence-corrected chi connectivity index (χ2v) is 8.80. The minimum Gasteiger partial charge on any atom is -0.370 e. The fraction of sp³-hybridized carbons (Fsp3) is 0.611. The van der Waals surface area contributed by atoms with Gasteiger partial charge < -0.3 is 11.1 Å². The van der Waals surface area contributed by atoms with Crippen LogP contribution in [-0.4, -0.2) is 26.5 Å². The summed E-state index contributed by atoms with van der Waals surface area (Å²) in [5, 5.41) is 3.07. The van der Waals surface area contributed by atoms with Gasteiger partial charge in [0.1, 0.15) is 0 Å². The van der Waals surface area contributed by atoms with Gasteiger partial charge in [-0.25, -0.2) is 18.1 Å². The zero-order chi connectivity index (χ0) is 18.9. The summed E-state index contributed by atoms with van der Waals surface area (Å²) in [5.41, 5.74) is 5.94. The summed E-state index contributed by atoms with van der Waals surface area (Å²) >= 11 is 0. The van der Waals surface area contributed by atoms with Crippen molar-refractivity contribution in [2.75, 3.05) is 6.54 Å². The molecule has 0 aliphatic rings. The third kappa shape index (κ3) is 9.72. The normalized spacial score (nSPS) is 12.5. The van der Waals surface area contributed by atoms with Crippen LogP contribution in [0, 0.1) is 0 Å².